The van der Waals surface area contributed by atoms with Gasteiger partial charge in [-0.15, -0.1) is 0 Å². The number of aryl methyl sites for hydroxylation is 1. The molecule has 0 aromatic carbocycles. The summed E-state index contributed by atoms with van der Waals surface area (Å²) >= 11 is 0. The molecule has 1 saturated carbocycles. The average molecular weight is 291 g/mol. The molecule has 114 valence electrons. The molecule has 2 amide bonds. The molecule has 3 rings (SSSR count). The fourth-order valence-electron chi connectivity index (χ4n) is 3.03. The number of piperidine rings is 1. The lowest BCUT2D eigenvalue weighted by atomic mass is 10.00. The normalized spacial score (nSPS) is 28.3. The smallest absolute Gasteiger partial charge is 0.229 e. The van der Waals surface area contributed by atoms with Gasteiger partial charge in [-0.1, -0.05) is 12.1 Å². The van der Waals surface area contributed by atoms with E-state index >= 15 is 0 Å². The first-order chi connectivity index (χ1) is 10.0. The van der Waals surface area contributed by atoms with E-state index < -0.39 is 0 Å². The van der Waals surface area contributed by atoms with Crippen molar-refractivity contribution in [3.05, 3.63) is 11.8 Å². The molecule has 21 heavy (non-hydrogen) atoms. The maximum Gasteiger partial charge on any atom is 0.229 e. The van der Waals surface area contributed by atoms with Crippen LogP contribution in [0.3, 0.4) is 0 Å². The maximum atomic E-state index is 12.4. The second kappa shape index (κ2) is 5.50. The van der Waals surface area contributed by atoms with E-state index in [0.29, 0.717) is 23.9 Å². The molecule has 6 heteroatoms. The van der Waals surface area contributed by atoms with Crippen molar-refractivity contribution in [3.8, 4) is 0 Å². The van der Waals surface area contributed by atoms with Crippen LogP contribution >= 0.6 is 0 Å². The Balaban J connectivity index is 1.53. The fourth-order valence-corrected chi connectivity index (χ4v) is 3.03. The quantitative estimate of drug-likeness (QED) is 0.921. The number of hydrogen-bond acceptors (Lipinski definition) is 4. The van der Waals surface area contributed by atoms with Gasteiger partial charge in [-0.2, -0.15) is 0 Å². The van der Waals surface area contributed by atoms with Gasteiger partial charge in [0.05, 0.1) is 11.8 Å². The minimum atomic E-state index is -0.216. The largest absolute Gasteiger partial charge is 0.360 e. The molecule has 1 saturated heterocycles. The van der Waals surface area contributed by atoms with Crippen LogP contribution in [-0.2, 0) is 9.59 Å². The number of anilines is 1. The third kappa shape index (κ3) is 3.09. The predicted molar refractivity (Wildman–Crippen MR) is 76.4 cm³/mol. The molecule has 1 aromatic heterocycles. The van der Waals surface area contributed by atoms with Crippen LogP contribution in [0.5, 0.6) is 0 Å². The molecule has 1 aliphatic carbocycles. The summed E-state index contributed by atoms with van der Waals surface area (Å²) in [6.45, 7) is 5.59. The lowest BCUT2D eigenvalue weighted by molar-refractivity contribution is -0.135. The highest BCUT2D eigenvalue weighted by molar-refractivity contribution is 5.99. The van der Waals surface area contributed by atoms with Crippen LogP contribution in [0, 0.1) is 24.7 Å². The summed E-state index contributed by atoms with van der Waals surface area (Å²) in [5, 5.41) is 6.44. The molecule has 6 nitrogen and oxygen atoms in total. The SMILES string of the molecule is Cc1cc(NC(=O)C2CC2C(=O)N2CCCC(C)C2)no1. The number of nitrogens with zero attached hydrogens (tertiary/aromatic N) is 2. The maximum absolute atomic E-state index is 12.4. The standard InChI is InChI=1S/C15H21N3O3/c1-9-4-3-5-18(8-9)15(20)12-7-11(12)14(19)16-13-6-10(2)21-17-13/h6,9,11-12H,3-5,7-8H2,1-2H3,(H,16,17,19). The van der Waals surface area contributed by atoms with Crippen molar-refractivity contribution < 1.29 is 14.1 Å². The molecule has 2 heterocycles. The van der Waals surface area contributed by atoms with Crippen LogP contribution in [0.1, 0.15) is 31.9 Å². The monoisotopic (exact) mass is 291 g/mol. The van der Waals surface area contributed by atoms with Crippen LogP contribution in [0.15, 0.2) is 10.6 Å². The molecule has 0 bridgehead atoms. The molecule has 1 N–H and O–H groups in total. The number of nitrogens with one attached hydrogen (secondary N) is 1. The van der Waals surface area contributed by atoms with E-state index in [1.165, 1.54) is 6.42 Å². The van der Waals surface area contributed by atoms with Crippen molar-refractivity contribution >= 4 is 17.6 Å². The van der Waals surface area contributed by atoms with E-state index in [0.717, 1.165) is 19.5 Å². The van der Waals surface area contributed by atoms with Crippen molar-refractivity contribution in [2.75, 3.05) is 18.4 Å². The Labute approximate surface area is 123 Å². The van der Waals surface area contributed by atoms with E-state index in [-0.39, 0.29) is 23.7 Å². The zero-order valence-corrected chi connectivity index (χ0v) is 12.5. The zero-order valence-electron chi connectivity index (χ0n) is 12.5. The molecule has 2 fully saturated rings. The highest BCUT2D eigenvalue weighted by atomic mass is 16.5. The van der Waals surface area contributed by atoms with Crippen molar-refractivity contribution in [1.82, 2.24) is 10.1 Å². The number of aromatic nitrogens is 1. The Hall–Kier alpha value is -1.85. The topological polar surface area (TPSA) is 75.4 Å². The van der Waals surface area contributed by atoms with E-state index in [4.69, 9.17) is 4.52 Å². The molecule has 1 aromatic rings. The third-order valence-corrected chi connectivity index (χ3v) is 4.29. The Morgan fingerprint density at radius 3 is 2.90 bits per heavy atom. The molecule has 1 aliphatic heterocycles. The van der Waals surface area contributed by atoms with Crippen LogP contribution in [-0.4, -0.2) is 35.0 Å². The van der Waals surface area contributed by atoms with Crippen molar-refractivity contribution in [2.24, 2.45) is 17.8 Å². The van der Waals surface area contributed by atoms with Crippen LogP contribution in [0.4, 0.5) is 5.82 Å². The molecular weight excluding hydrogens is 270 g/mol. The van der Waals surface area contributed by atoms with Gasteiger partial charge < -0.3 is 14.7 Å². The summed E-state index contributed by atoms with van der Waals surface area (Å²) in [7, 11) is 0. The Morgan fingerprint density at radius 2 is 2.24 bits per heavy atom. The third-order valence-electron chi connectivity index (χ3n) is 4.29. The molecule has 0 spiro atoms. The molecular formula is C15H21N3O3. The molecule has 2 aliphatic rings. The first-order valence-corrected chi connectivity index (χ1v) is 7.57. The van der Waals surface area contributed by atoms with Gasteiger partial charge in [-0.25, -0.2) is 0 Å². The number of rotatable bonds is 3. The first-order valence-electron chi connectivity index (χ1n) is 7.57. The summed E-state index contributed by atoms with van der Waals surface area (Å²) < 4.78 is 4.91. The van der Waals surface area contributed by atoms with Crippen LogP contribution in [0.2, 0.25) is 0 Å². The summed E-state index contributed by atoms with van der Waals surface area (Å²) in [6, 6.07) is 1.67. The first kappa shape index (κ1) is 14.1. The fraction of sp³-hybridized carbons (Fsp3) is 0.667. The Morgan fingerprint density at radius 1 is 1.43 bits per heavy atom. The van der Waals surface area contributed by atoms with Gasteiger partial charge >= 0.3 is 0 Å². The van der Waals surface area contributed by atoms with Crippen molar-refractivity contribution in [3.63, 3.8) is 0 Å². The second-order valence-electron chi connectivity index (χ2n) is 6.29. The Bertz CT molecular complexity index is 554. The van der Waals surface area contributed by atoms with Gasteiger partial charge in [-0.3, -0.25) is 9.59 Å². The van der Waals surface area contributed by atoms with E-state index in [1.54, 1.807) is 13.0 Å². The van der Waals surface area contributed by atoms with Crippen molar-refractivity contribution in [1.29, 1.82) is 0 Å². The number of likely N-dealkylation sites (tertiary alicyclic amines) is 1. The van der Waals surface area contributed by atoms with Gasteiger partial charge in [0.25, 0.3) is 0 Å². The molecule has 3 atom stereocenters. The number of carbonyl (C=O) groups excluding carboxylic acids is 2. The lowest BCUT2D eigenvalue weighted by Gasteiger charge is -2.31. The average Bonchev–Trinajstić information content (AvgIpc) is 3.16. The summed E-state index contributed by atoms with van der Waals surface area (Å²) in [5.41, 5.74) is 0. The van der Waals surface area contributed by atoms with Crippen LogP contribution in [0.25, 0.3) is 0 Å². The summed E-state index contributed by atoms with van der Waals surface area (Å²) in [4.78, 5) is 26.4. The van der Waals surface area contributed by atoms with E-state index in [2.05, 4.69) is 17.4 Å². The Kier molecular flexibility index (Phi) is 3.69. The lowest BCUT2D eigenvalue weighted by Crippen LogP contribution is -2.40. The number of hydrogen-bond donors (Lipinski definition) is 1. The van der Waals surface area contributed by atoms with Gasteiger partial charge in [0, 0.05) is 19.2 Å². The van der Waals surface area contributed by atoms with Crippen LogP contribution < -0.4 is 5.32 Å². The van der Waals surface area contributed by atoms with E-state index in [9.17, 15) is 9.59 Å². The van der Waals surface area contributed by atoms with Gasteiger partial charge in [0.15, 0.2) is 5.82 Å². The molecule has 3 unspecified atom stereocenters. The zero-order chi connectivity index (χ0) is 15.0. The predicted octanol–water partition coefficient (Wildman–Crippen LogP) is 1.82. The van der Waals surface area contributed by atoms with E-state index in [1.807, 2.05) is 4.90 Å². The second-order valence-corrected chi connectivity index (χ2v) is 6.29. The molecule has 0 radical (unpaired) electrons. The van der Waals surface area contributed by atoms with Gasteiger partial charge in [0.1, 0.15) is 5.76 Å². The highest BCUT2D eigenvalue weighted by Crippen LogP contribution is 2.41. The van der Waals surface area contributed by atoms with Crippen molar-refractivity contribution in [2.45, 2.75) is 33.1 Å². The van der Waals surface area contributed by atoms with Gasteiger partial charge in [-0.05, 0) is 32.1 Å². The number of carbonyl (C=O) groups is 2. The highest BCUT2D eigenvalue weighted by Gasteiger charge is 2.49. The van der Waals surface area contributed by atoms with Gasteiger partial charge in [0.2, 0.25) is 11.8 Å². The summed E-state index contributed by atoms with van der Waals surface area (Å²) in [6.07, 6.45) is 2.89. The minimum Gasteiger partial charge on any atom is -0.360 e. The summed E-state index contributed by atoms with van der Waals surface area (Å²) in [5.74, 6) is 1.27. The minimum absolute atomic E-state index is 0.133. The number of amides is 2.